The van der Waals surface area contributed by atoms with Gasteiger partial charge >= 0.3 is 0 Å². The number of likely N-dealkylation sites (tertiary alicyclic amines) is 1. The maximum absolute atomic E-state index is 10.7. The molecule has 1 N–H and O–H groups in total. The zero-order valence-corrected chi connectivity index (χ0v) is 14.8. The fourth-order valence-electron chi connectivity index (χ4n) is 3.90. The summed E-state index contributed by atoms with van der Waals surface area (Å²) in [5.74, 6) is 2.05. The van der Waals surface area contributed by atoms with Gasteiger partial charge in [0.25, 0.3) is 0 Å². The molecular formula is C19H25N5O. The first-order valence-corrected chi connectivity index (χ1v) is 8.91. The highest BCUT2D eigenvalue weighted by Gasteiger charge is 2.29. The van der Waals surface area contributed by atoms with E-state index >= 15 is 0 Å². The van der Waals surface area contributed by atoms with E-state index in [1.54, 1.807) is 6.20 Å². The van der Waals surface area contributed by atoms with Crippen molar-refractivity contribution < 1.29 is 5.11 Å². The van der Waals surface area contributed by atoms with Crippen LogP contribution in [0.5, 0.6) is 0 Å². The number of benzene rings is 1. The first kappa shape index (κ1) is 16.3. The van der Waals surface area contributed by atoms with Gasteiger partial charge in [0, 0.05) is 39.0 Å². The smallest absolute Gasteiger partial charge is 0.137 e. The SMILES string of the molecule is Cn1ccnc1C(O)C1CCCN(Cc2nc3ccccc3n2C)C1. The Morgan fingerprint density at radius 1 is 1.28 bits per heavy atom. The molecule has 0 aliphatic carbocycles. The minimum absolute atomic E-state index is 0.213. The number of piperidine rings is 1. The molecule has 0 saturated carbocycles. The van der Waals surface area contributed by atoms with E-state index in [1.165, 1.54) is 5.52 Å². The third-order valence-electron chi connectivity index (χ3n) is 5.36. The summed E-state index contributed by atoms with van der Waals surface area (Å²) >= 11 is 0. The van der Waals surface area contributed by atoms with E-state index in [2.05, 4.69) is 33.6 Å². The average molecular weight is 339 g/mol. The molecule has 0 radical (unpaired) electrons. The van der Waals surface area contributed by atoms with Crippen molar-refractivity contribution in [3.05, 3.63) is 48.3 Å². The largest absolute Gasteiger partial charge is 0.385 e. The Morgan fingerprint density at radius 2 is 2.12 bits per heavy atom. The second kappa shape index (κ2) is 6.61. The first-order valence-electron chi connectivity index (χ1n) is 8.91. The lowest BCUT2D eigenvalue weighted by Gasteiger charge is -2.34. The molecule has 4 rings (SSSR count). The summed E-state index contributed by atoms with van der Waals surface area (Å²) in [7, 11) is 4.01. The van der Waals surface area contributed by atoms with Gasteiger partial charge in [-0.2, -0.15) is 0 Å². The third-order valence-corrected chi connectivity index (χ3v) is 5.36. The summed E-state index contributed by atoms with van der Waals surface area (Å²) < 4.78 is 4.09. The van der Waals surface area contributed by atoms with Gasteiger partial charge in [0.1, 0.15) is 17.8 Å². The molecule has 1 aliphatic heterocycles. The highest BCUT2D eigenvalue weighted by molar-refractivity contribution is 5.75. The van der Waals surface area contributed by atoms with Crippen molar-refractivity contribution in [3.8, 4) is 0 Å². The normalized spacial score (nSPS) is 20.2. The highest BCUT2D eigenvalue weighted by atomic mass is 16.3. The van der Waals surface area contributed by atoms with Crippen LogP contribution in [-0.4, -0.2) is 42.2 Å². The molecule has 1 aromatic carbocycles. The Morgan fingerprint density at radius 3 is 2.88 bits per heavy atom. The Hall–Kier alpha value is -2.18. The van der Waals surface area contributed by atoms with E-state index in [1.807, 2.05) is 29.9 Å². The highest BCUT2D eigenvalue weighted by Crippen LogP contribution is 2.29. The van der Waals surface area contributed by atoms with E-state index in [0.717, 1.165) is 49.6 Å². The monoisotopic (exact) mass is 339 g/mol. The van der Waals surface area contributed by atoms with Crippen LogP contribution < -0.4 is 0 Å². The number of rotatable bonds is 4. The molecule has 1 saturated heterocycles. The number of fused-ring (bicyclic) bond motifs is 1. The second-order valence-electron chi connectivity index (χ2n) is 7.05. The number of hydrogen-bond donors (Lipinski definition) is 1. The molecule has 2 unspecified atom stereocenters. The second-order valence-corrected chi connectivity index (χ2v) is 7.05. The molecule has 132 valence electrons. The van der Waals surface area contributed by atoms with Crippen LogP contribution >= 0.6 is 0 Å². The predicted octanol–water partition coefficient (Wildman–Crippen LogP) is 2.25. The van der Waals surface area contributed by atoms with Gasteiger partial charge in [-0.25, -0.2) is 9.97 Å². The van der Waals surface area contributed by atoms with Crippen molar-refractivity contribution in [3.63, 3.8) is 0 Å². The third kappa shape index (κ3) is 3.07. The fraction of sp³-hybridized carbons (Fsp3) is 0.474. The summed E-state index contributed by atoms with van der Waals surface area (Å²) in [4.78, 5) is 11.5. The molecule has 3 aromatic rings. The van der Waals surface area contributed by atoms with Gasteiger partial charge in [-0.15, -0.1) is 0 Å². The van der Waals surface area contributed by atoms with Crippen LogP contribution in [0.3, 0.4) is 0 Å². The number of aromatic nitrogens is 4. The Balaban J connectivity index is 1.49. The van der Waals surface area contributed by atoms with Gasteiger partial charge in [-0.3, -0.25) is 4.90 Å². The van der Waals surface area contributed by atoms with E-state index in [-0.39, 0.29) is 5.92 Å². The van der Waals surface area contributed by atoms with Crippen molar-refractivity contribution in [1.29, 1.82) is 0 Å². The number of hydrogen-bond acceptors (Lipinski definition) is 4. The summed E-state index contributed by atoms with van der Waals surface area (Å²) in [5, 5.41) is 10.7. The van der Waals surface area contributed by atoms with E-state index < -0.39 is 6.10 Å². The van der Waals surface area contributed by atoms with Crippen molar-refractivity contribution in [2.45, 2.75) is 25.5 Å². The molecule has 6 nitrogen and oxygen atoms in total. The summed E-state index contributed by atoms with van der Waals surface area (Å²) in [5.41, 5.74) is 2.21. The van der Waals surface area contributed by atoms with Gasteiger partial charge in [0.05, 0.1) is 17.6 Å². The zero-order valence-electron chi connectivity index (χ0n) is 14.8. The zero-order chi connectivity index (χ0) is 17.4. The lowest BCUT2D eigenvalue weighted by atomic mass is 9.92. The van der Waals surface area contributed by atoms with E-state index in [0.29, 0.717) is 0 Å². The number of nitrogens with zero attached hydrogens (tertiary/aromatic N) is 5. The van der Waals surface area contributed by atoms with Crippen LogP contribution in [0.1, 0.15) is 30.6 Å². The first-order chi connectivity index (χ1) is 12.1. The van der Waals surface area contributed by atoms with E-state index in [9.17, 15) is 5.11 Å². The Kier molecular flexibility index (Phi) is 4.31. The van der Waals surface area contributed by atoms with Crippen LogP contribution in [-0.2, 0) is 20.6 Å². The molecular weight excluding hydrogens is 314 g/mol. The summed E-state index contributed by atoms with van der Waals surface area (Å²) in [6, 6.07) is 8.24. The Bertz CT molecular complexity index is 868. The van der Waals surface area contributed by atoms with Gasteiger partial charge in [0.2, 0.25) is 0 Å². The molecule has 1 aliphatic rings. The molecule has 0 amide bonds. The van der Waals surface area contributed by atoms with Gasteiger partial charge in [-0.05, 0) is 31.5 Å². The van der Waals surface area contributed by atoms with Crippen molar-refractivity contribution in [2.24, 2.45) is 20.0 Å². The van der Waals surface area contributed by atoms with Crippen LogP contribution in [0.25, 0.3) is 11.0 Å². The number of aryl methyl sites for hydroxylation is 2. The number of imidazole rings is 2. The Labute approximate surface area is 147 Å². The predicted molar refractivity (Wildman–Crippen MR) is 96.9 cm³/mol. The molecule has 0 spiro atoms. The van der Waals surface area contributed by atoms with Crippen molar-refractivity contribution in [1.82, 2.24) is 24.0 Å². The number of aliphatic hydroxyl groups is 1. The summed E-state index contributed by atoms with van der Waals surface area (Å²) in [6.07, 6.45) is 5.25. The quantitative estimate of drug-likeness (QED) is 0.792. The molecule has 6 heteroatoms. The van der Waals surface area contributed by atoms with Crippen LogP contribution in [0.2, 0.25) is 0 Å². The standard InChI is InChI=1S/C19H25N5O/c1-22-11-9-20-19(22)18(25)14-6-5-10-24(12-14)13-17-21-15-7-3-4-8-16(15)23(17)2/h3-4,7-9,11,14,18,25H,5-6,10,12-13H2,1-2H3. The molecule has 2 aromatic heterocycles. The van der Waals surface area contributed by atoms with Crippen LogP contribution in [0, 0.1) is 5.92 Å². The average Bonchev–Trinajstić information content (AvgIpc) is 3.19. The molecule has 2 atom stereocenters. The van der Waals surface area contributed by atoms with E-state index in [4.69, 9.17) is 4.98 Å². The molecule has 0 bridgehead atoms. The molecule has 3 heterocycles. The number of aliphatic hydroxyl groups excluding tert-OH is 1. The van der Waals surface area contributed by atoms with Crippen LogP contribution in [0.15, 0.2) is 36.7 Å². The van der Waals surface area contributed by atoms with Crippen molar-refractivity contribution in [2.75, 3.05) is 13.1 Å². The fourth-order valence-corrected chi connectivity index (χ4v) is 3.90. The maximum atomic E-state index is 10.7. The lowest BCUT2D eigenvalue weighted by molar-refractivity contribution is 0.0394. The van der Waals surface area contributed by atoms with Gasteiger partial charge in [-0.1, -0.05) is 12.1 Å². The molecule has 1 fully saturated rings. The van der Waals surface area contributed by atoms with Gasteiger partial charge < -0.3 is 14.2 Å². The lowest BCUT2D eigenvalue weighted by Crippen LogP contribution is -2.38. The number of para-hydroxylation sites is 2. The van der Waals surface area contributed by atoms with Crippen LogP contribution in [0.4, 0.5) is 0 Å². The topological polar surface area (TPSA) is 59.1 Å². The minimum Gasteiger partial charge on any atom is -0.385 e. The molecule has 25 heavy (non-hydrogen) atoms. The maximum Gasteiger partial charge on any atom is 0.137 e. The van der Waals surface area contributed by atoms with Crippen molar-refractivity contribution >= 4 is 11.0 Å². The van der Waals surface area contributed by atoms with Gasteiger partial charge in [0.15, 0.2) is 0 Å². The minimum atomic E-state index is -0.511. The summed E-state index contributed by atoms with van der Waals surface area (Å²) in [6.45, 7) is 2.74.